The number of nitrogens with one attached hydrogen (secondary N) is 1. The Hall–Kier alpha value is -1.95. The first-order valence-electron chi connectivity index (χ1n) is 5.81. The van der Waals surface area contributed by atoms with Crippen LogP contribution in [0.15, 0.2) is 10.6 Å². The van der Waals surface area contributed by atoms with Gasteiger partial charge in [-0.3, -0.25) is 9.63 Å². The van der Waals surface area contributed by atoms with Crippen LogP contribution in [0.4, 0.5) is 0 Å². The van der Waals surface area contributed by atoms with Gasteiger partial charge in [-0.1, -0.05) is 5.16 Å². The number of hydrogen-bond acceptors (Lipinski definition) is 5. The van der Waals surface area contributed by atoms with Gasteiger partial charge < -0.3 is 4.52 Å². The molecule has 1 saturated carbocycles. The number of fused-ring (bicyclic) bond motifs is 1. The first kappa shape index (κ1) is 11.2. The zero-order valence-corrected chi connectivity index (χ0v) is 10.2. The van der Waals surface area contributed by atoms with Crippen LogP contribution in [0.1, 0.15) is 40.5 Å². The Bertz CT molecular complexity index is 616. The SMILES string of the molecule is CONC(=O)c1cc(C2CC2)nc2onc(C)c12. The number of hydrogen-bond donors (Lipinski definition) is 1. The highest BCUT2D eigenvalue weighted by Gasteiger charge is 2.28. The average molecular weight is 247 g/mol. The van der Waals surface area contributed by atoms with Crippen molar-refractivity contribution in [3.8, 4) is 0 Å². The smallest absolute Gasteiger partial charge is 0.275 e. The minimum Gasteiger partial charge on any atom is -0.336 e. The van der Waals surface area contributed by atoms with Crippen molar-refractivity contribution in [2.75, 3.05) is 7.11 Å². The Morgan fingerprint density at radius 2 is 2.33 bits per heavy atom. The van der Waals surface area contributed by atoms with Crippen LogP contribution in [0.25, 0.3) is 11.1 Å². The summed E-state index contributed by atoms with van der Waals surface area (Å²) in [4.78, 5) is 21.1. The van der Waals surface area contributed by atoms with E-state index in [-0.39, 0.29) is 5.91 Å². The Morgan fingerprint density at radius 3 is 3.00 bits per heavy atom. The van der Waals surface area contributed by atoms with Gasteiger partial charge in [0, 0.05) is 11.6 Å². The van der Waals surface area contributed by atoms with E-state index in [0.717, 1.165) is 18.5 Å². The van der Waals surface area contributed by atoms with Crippen molar-refractivity contribution < 1.29 is 14.2 Å². The summed E-state index contributed by atoms with van der Waals surface area (Å²) in [6.45, 7) is 1.79. The largest absolute Gasteiger partial charge is 0.336 e. The van der Waals surface area contributed by atoms with Gasteiger partial charge in [-0.05, 0) is 25.8 Å². The molecule has 0 bridgehead atoms. The van der Waals surface area contributed by atoms with Crippen molar-refractivity contribution in [2.45, 2.75) is 25.7 Å². The number of nitrogens with zero attached hydrogens (tertiary/aromatic N) is 2. The second-order valence-electron chi connectivity index (χ2n) is 4.45. The summed E-state index contributed by atoms with van der Waals surface area (Å²) in [6.07, 6.45) is 2.22. The molecule has 1 aliphatic carbocycles. The third kappa shape index (κ3) is 1.74. The average Bonchev–Trinajstić information content (AvgIpc) is 3.14. The number of carbonyl (C=O) groups excluding carboxylic acids is 1. The van der Waals surface area contributed by atoms with E-state index in [1.165, 1.54) is 7.11 Å². The Kier molecular flexibility index (Phi) is 2.52. The molecule has 94 valence electrons. The molecule has 0 aromatic carbocycles. The Morgan fingerprint density at radius 1 is 1.56 bits per heavy atom. The summed E-state index contributed by atoms with van der Waals surface area (Å²) in [5.41, 5.74) is 4.78. The molecule has 0 spiro atoms. The van der Waals surface area contributed by atoms with Crippen LogP contribution >= 0.6 is 0 Å². The molecular formula is C12H13N3O3. The second kappa shape index (κ2) is 4.06. The zero-order valence-electron chi connectivity index (χ0n) is 10.2. The maximum atomic E-state index is 12.0. The topological polar surface area (TPSA) is 77.2 Å². The van der Waals surface area contributed by atoms with E-state index in [9.17, 15) is 4.79 Å². The fourth-order valence-electron chi connectivity index (χ4n) is 2.03. The molecule has 0 saturated heterocycles. The predicted octanol–water partition coefficient (Wildman–Crippen LogP) is 1.70. The van der Waals surface area contributed by atoms with Crippen LogP contribution in [-0.2, 0) is 4.84 Å². The summed E-state index contributed by atoms with van der Waals surface area (Å²) in [6, 6.07) is 1.80. The Labute approximate surface area is 103 Å². The van der Waals surface area contributed by atoms with Gasteiger partial charge in [-0.15, -0.1) is 0 Å². The number of amides is 1. The molecular weight excluding hydrogens is 234 g/mol. The molecule has 6 nitrogen and oxygen atoms in total. The number of aryl methyl sites for hydroxylation is 1. The van der Waals surface area contributed by atoms with Crippen molar-refractivity contribution in [3.05, 3.63) is 23.0 Å². The molecule has 2 aromatic rings. The molecule has 1 fully saturated rings. The van der Waals surface area contributed by atoms with Crippen LogP contribution in [-0.4, -0.2) is 23.2 Å². The predicted molar refractivity (Wildman–Crippen MR) is 63.0 cm³/mol. The first-order valence-corrected chi connectivity index (χ1v) is 5.81. The lowest BCUT2D eigenvalue weighted by Gasteiger charge is -2.05. The van der Waals surface area contributed by atoms with Gasteiger partial charge in [0.1, 0.15) is 0 Å². The standard InChI is InChI=1S/C12H13N3O3/c1-6-10-8(11(16)15-17-2)5-9(7-3-4-7)13-12(10)18-14-6/h5,7H,3-4H2,1-2H3,(H,15,16). The van der Waals surface area contributed by atoms with Crippen LogP contribution in [0.2, 0.25) is 0 Å². The maximum absolute atomic E-state index is 12.0. The number of pyridine rings is 1. The van der Waals surface area contributed by atoms with Crippen LogP contribution in [0.3, 0.4) is 0 Å². The highest BCUT2D eigenvalue weighted by atomic mass is 16.6. The molecule has 6 heteroatoms. The van der Waals surface area contributed by atoms with Gasteiger partial charge in [-0.2, -0.15) is 0 Å². The third-order valence-electron chi connectivity index (χ3n) is 3.07. The summed E-state index contributed by atoms with van der Waals surface area (Å²) < 4.78 is 5.15. The van der Waals surface area contributed by atoms with Crippen LogP contribution in [0, 0.1) is 6.92 Å². The highest BCUT2D eigenvalue weighted by molar-refractivity contribution is 6.05. The van der Waals surface area contributed by atoms with Gasteiger partial charge in [0.15, 0.2) is 0 Å². The van der Waals surface area contributed by atoms with Gasteiger partial charge in [-0.25, -0.2) is 10.5 Å². The number of rotatable bonds is 3. The fraction of sp³-hybridized carbons (Fsp3) is 0.417. The van der Waals surface area contributed by atoms with Gasteiger partial charge >= 0.3 is 0 Å². The quantitative estimate of drug-likeness (QED) is 0.835. The zero-order chi connectivity index (χ0) is 12.7. The minimum atomic E-state index is -0.307. The summed E-state index contributed by atoms with van der Waals surface area (Å²) >= 11 is 0. The van der Waals surface area contributed by atoms with Crippen LogP contribution in [0.5, 0.6) is 0 Å². The van der Waals surface area contributed by atoms with E-state index in [1.54, 1.807) is 13.0 Å². The molecule has 3 rings (SSSR count). The molecule has 2 aromatic heterocycles. The lowest BCUT2D eigenvalue weighted by Crippen LogP contribution is -2.22. The molecule has 0 atom stereocenters. The number of hydroxylamine groups is 1. The van der Waals surface area contributed by atoms with E-state index in [0.29, 0.717) is 28.3 Å². The lowest BCUT2D eigenvalue weighted by molar-refractivity contribution is 0.0539. The molecule has 0 unspecified atom stereocenters. The molecule has 18 heavy (non-hydrogen) atoms. The van der Waals surface area contributed by atoms with Crippen molar-refractivity contribution in [3.63, 3.8) is 0 Å². The van der Waals surface area contributed by atoms with E-state index in [4.69, 9.17) is 4.52 Å². The maximum Gasteiger partial charge on any atom is 0.275 e. The second-order valence-corrected chi connectivity index (χ2v) is 4.45. The van der Waals surface area contributed by atoms with Gasteiger partial charge in [0.25, 0.3) is 11.6 Å². The Balaban J connectivity index is 2.18. The van der Waals surface area contributed by atoms with Crippen molar-refractivity contribution in [2.24, 2.45) is 0 Å². The van der Waals surface area contributed by atoms with Crippen molar-refractivity contribution in [1.82, 2.24) is 15.6 Å². The third-order valence-corrected chi connectivity index (χ3v) is 3.07. The molecule has 1 aliphatic rings. The monoisotopic (exact) mass is 247 g/mol. The minimum absolute atomic E-state index is 0.307. The van der Waals surface area contributed by atoms with E-state index in [2.05, 4.69) is 20.5 Å². The lowest BCUT2D eigenvalue weighted by atomic mass is 10.1. The normalized spacial score (nSPS) is 15.0. The number of carbonyl (C=O) groups is 1. The summed E-state index contributed by atoms with van der Waals surface area (Å²) in [5.74, 6) is 0.131. The van der Waals surface area contributed by atoms with Crippen molar-refractivity contribution >= 4 is 17.0 Å². The van der Waals surface area contributed by atoms with Gasteiger partial charge in [0.2, 0.25) is 0 Å². The molecule has 0 radical (unpaired) electrons. The van der Waals surface area contributed by atoms with E-state index < -0.39 is 0 Å². The molecule has 0 aliphatic heterocycles. The van der Waals surface area contributed by atoms with Crippen LogP contribution < -0.4 is 5.48 Å². The molecule has 1 N–H and O–H groups in total. The highest BCUT2D eigenvalue weighted by Crippen LogP contribution is 2.40. The summed E-state index contributed by atoms with van der Waals surface area (Å²) in [7, 11) is 1.40. The summed E-state index contributed by atoms with van der Waals surface area (Å²) in [5, 5.41) is 4.51. The number of aromatic nitrogens is 2. The molecule has 1 amide bonds. The van der Waals surface area contributed by atoms with Gasteiger partial charge in [0.05, 0.1) is 23.8 Å². The first-order chi connectivity index (χ1) is 8.70. The van der Waals surface area contributed by atoms with Crippen molar-refractivity contribution in [1.29, 1.82) is 0 Å². The van der Waals surface area contributed by atoms with E-state index >= 15 is 0 Å². The molecule has 2 heterocycles. The fourth-order valence-corrected chi connectivity index (χ4v) is 2.03. The van der Waals surface area contributed by atoms with E-state index in [1.807, 2.05) is 0 Å².